The molecule has 1 aromatic carbocycles. The molecule has 0 aliphatic heterocycles. The van der Waals surface area contributed by atoms with E-state index in [0.29, 0.717) is 6.07 Å². The zero-order valence-corrected chi connectivity index (χ0v) is 12.3. The molecule has 0 aliphatic carbocycles. The molecule has 0 fully saturated rings. The molecule has 1 aromatic heterocycles. The molecule has 0 atom stereocenters. The lowest BCUT2D eigenvalue weighted by Gasteiger charge is -2.08. The number of H-pyrrole nitrogens is 1. The Morgan fingerprint density at radius 3 is 2.57 bits per heavy atom. The van der Waals surface area contributed by atoms with E-state index >= 15 is 0 Å². The Balaban J connectivity index is 1.99. The van der Waals surface area contributed by atoms with Gasteiger partial charge in [0.2, 0.25) is 5.91 Å². The first-order chi connectivity index (χ1) is 10.9. The highest BCUT2D eigenvalue weighted by Crippen LogP contribution is 2.19. The fourth-order valence-electron chi connectivity index (χ4n) is 1.67. The van der Waals surface area contributed by atoms with Gasteiger partial charge < -0.3 is 15.6 Å². The third-order valence-electron chi connectivity index (χ3n) is 2.78. The van der Waals surface area contributed by atoms with Crippen molar-refractivity contribution in [2.24, 2.45) is 0 Å². The Hall–Kier alpha value is -2.68. The van der Waals surface area contributed by atoms with Gasteiger partial charge in [0.15, 0.2) is 17.5 Å². The third-order valence-corrected chi connectivity index (χ3v) is 3.12. The maximum absolute atomic E-state index is 13.4. The topological polar surface area (TPSA) is 74.0 Å². The molecule has 3 N–H and O–H groups in total. The van der Waals surface area contributed by atoms with Crippen LogP contribution in [0.15, 0.2) is 30.5 Å². The van der Waals surface area contributed by atoms with Crippen LogP contribution in [-0.2, 0) is 4.79 Å². The van der Waals surface area contributed by atoms with E-state index in [1.54, 1.807) is 6.07 Å². The first kappa shape index (κ1) is 16.7. The Labute approximate surface area is 133 Å². The number of anilines is 1. The van der Waals surface area contributed by atoms with Crippen molar-refractivity contribution in [1.82, 2.24) is 10.3 Å². The Morgan fingerprint density at radius 1 is 1.13 bits per heavy atom. The summed E-state index contributed by atoms with van der Waals surface area (Å²) in [5.41, 5.74) is -0.366. The van der Waals surface area contributed by atoms with Crippen molar-refractivity contribution >= 4 is 29.7 Å². The highest BCUT2D eigenvalue weighted by atomic mass is 32.1. The van der Waals surface area contributed by atoms with Gasteiger partial charge in [0, 0.05) is 6.20 Å². The van der Waals surface area contributed by atoms with Gasteiger partial charge >= 0.3 is 0 Å². The minimum Gasteiger partial charge on any atom is -0.352 e. The minimum absolute atomic E-state index is 0.161. The van der Waals surface area contributed by atoms with E-state index in [1.165, 1.54) is 12.3 Å². The number of rotatable bonds is 4. The summed E-state index contributed by atoms with van der Waals surface area (Å²) >= 11 is 4.91. The Bertz CT molecular complexity index is 823. The lowest BCUT2D eigenvalue weighted by Crippen LogP contribution is -2.33. The van der Waals surface area contributed by atoms with E-state index in [2.05, 4.69) is 10.3 Å². The minimum atomic E-state index is -1.69. The van der Waals surface area contributed by atoms with Gasteiger partial charge in [-0.2, -0.15) is 0 Å². The fourth-order valence-corrected chi connectivity index (χ4v) is 1.90. The zero-order chi connectivity index (χ0) is 17.0. The second-order valence-corrected chi connectivity index (χ2v) is 4.77. The quantitative estimate of drug-likeness (QED) is 0.591. The lowest BCUT2D eigenvalue weighted by molar-refractivity contribution is -0.115. The number of hydrogen-bond acceptors (Lipinski definition) is 3. The first-order valence-electron chi connectivity index (χ1n) is 6.29. The first-order valence-corrected chi connectivity index (χ1v) is 6.70. The molecule has 1 heterocycles. The van der Waals surface area contributed by atoms with Gasteiger partial charge in [0.1, 0.15) is 4.64 Å². The number of aromatic amines is 1. The second kappa shape index (κ2) is 7.05. The van der Waals surface area contributed by atoms with Crippen molar-refractivity contribution < 1.29 is 22.8 Å². The van der Waals surface area contributed by atoms with Crippen LogP contribution < -0.4 is 10.6 Å². The average Bonchev–Trinajstić information content (AvgIpc) is 2.53. The number of aromatic nitrogens is 1. The second-order valence-electron chi connectivity index (χ2n) is 4.37. The highest BCUT2D eigenvalue weighted by Gasteiger charge is 2.16. The normalized spacial score (nSPS) is 10.2. The third kappa shape index (κ3) is 3.95. The molecule has 2 rings (SSSR count). The van der Waals surface area contributed by atoms with Crippen molar-refractivity contribution in [2.45, 2.75) is 0 Å². The molecule has 0 aliphatic rings. The van der Waals surface area contributed by atoms with Crippen LogP contribution in [-0.4, -0.2) is 23.3 Å². The number of carbonyl (C=O) groups is 2. The average molecular weight is 341 g/mol. The molecule has 0 bridgehead atoms. The van der Waals surface area contributed by atoms with Gasteiger partial charge in [0.25, 0.3) is 5.91 Å². The van der Waals surface area contributed by atoms with Gasteiger partial charge in [0.05, 0.1) is 17.8 Å². The molecule has 9 heteroatoms. The molecular weight excluding hydrogens is 331 g/mol. The van der Waals surface area contributed by atoms with Gasteiger partial charge in [-0.3, -0.25) is 9.59 Å². The molecule has 120 valence electrons. The smallest absolute Gasteiger partial charge is 0.254 e. The van der Waals surface area contributed by atoms with E-state index < -0.39 is 41.5 Å². The van der Waals surface area contributed by atoms with Crippen molar-refractivity contribution in [2.75, 3.05) is 11.9 Å². The molecule has 0 unspecified atom stereocenters. The summed E-state index contributed by atoms with van der Waals surface area (Å²) in [6.07, 6.45) is 1.54. The number of amides is 2. The predicted molar refractivity (Wildman–Crippen MR) is 78.9 cm³/mol. The SMILES string of the molecule is O=C(CNC(=O)c1ccc[nH]c1=S)Nc1ccc(F)c(F)c1F. The van der Waals surface area contributed by atoms with Crippen molar-refractivity contribution in [3.63, 3.8) is 0 Å². The van der Waals surface area contributed by atoms with Crippen molar-refractivity contribution in [3.8, 4) is 0 Å². The largest absolute Gasteiger partial charge is 0.352 e. The standard InChI is InChI=1S/C14H10F3N3O2S/c15-8-3-4-9(12(17)11(8)16)20-10(21)6-19-13(22)7-2-1-5-18-14(7)23/h1-5H,6H2,(H,18,23)(H,19,22)(H,20,21). The summed E-state index contributed by atoms with van der Waals surface area (Å²) in [7, 11) is 0. The van der Waals surface area contributed by atoms with Gasteiger partial charge in [-0.15, -0.1) is 0 Å². The van der Waals surface area contributed by atoms with E-state index in [9.17, 15) is 22.8 Å². The number of hydrogen-bond donors (Lipinski definition) is 3. The van der Waals surface area contributed by atoms with Gasteiger partial charge in [-0.05, 0) is 24.3 Å². The lowest BCUT2D eigenvalue weighted by atomic mass is 10.2. The molecule has 2 aromatic rings. The van der Waals surface area contributed by atoms with E-state index in [4.69, 9.17) is 12.2 Å². The number of pyridine rings is 1. The van der Waals surface area contributed by atoms with E-state index in [-0.39, 0.29) is 10.2 Å². The maximum atomic E-state index is 13.4. The summed E-state index contributed by atoms with van der Waals surface area (Å²) in [5, 5.41) is 4.31. The predicted octanol–water partition coefficient (Wildman–Crippen LogP) is 2.53. The van der Waals surface area contributed by atoms with Crippen LogP contribution in [0.25, 0.3) is 0 Å². The Morgan fingerprint density at radius 2 is 1.87 bits per heavy atom. The van der Waals surface area contributed by atoms with Crippen molar-refractivity contribution in [3.05, 3.63) is 58.1 Å². The van der Waals surface area contributed by atoms with Crippen LogP contribution in [0, 0.1) is 22.1 Å². The zero-order valence-electron chi connectivity index (χ0n) is 11.5. The molecule has 0 saturated carbocycles. The number of carbonyl (C=O) groups excluding carboxylic acids is 2. The maximum Gasteiger partial charge on any atom is 0.254 e. The van der Waals surface area contributed by atoms with Crippen LogP contribution in [0.5, 0.6) is 0 Å². The fraction of sp³-hybridized carbons (Fsp3) is 0.0714. The van der Waals surface area contributed by atoms with Gasteiger partial charge in [-0.1, -0.05) is 12.2 Å². The summed E-state index contributed by atoms with van der Waals surface area (Å²) in [5.74, 6) is -5.99. The number of halogens is 3. The highest BCUT2D eigenvalue weighted by molar-refractivity contribution is 7.71. The monoisotopic (exact) mass is 341 g/mol. The summed E-state index contributed by atoms with van der Waals surface area (Å²) < 4.78 is 39.4. The molecule has 5 nitrogen and oxygen atoms in total. The van der Waals surface area contributed by atoms with Crippen LogP contribution in [0.4, 0.5) is 18.9 Å². The van der Waals surface area contributed by atoms with E-state index in [1.807, 2.05) is 5.32 Å². The molecule has 0 saturated heterocycles. The van der Waals surface area contributed by atoms with E-state index in [0.717, 1.165) is 6.07 Å². The number of nitrogens with one attached hydrogen (secondary N) is 3. The van der Waals surface area contributed by atoms with Crippen LogP contribution in [0.3, 0.4) is 0 Å². The molecule has 0 spiro atoms. The van der Waals surface area contributed by atoms with Crippen LogP contribution >= 0.6 is 12.2 Å². The molecule has 2 amide bonds. The van der Waals surface area contributed by atoms with Crippen LogP contribution in [0.2, 0.25) is 0 Å². The summed E-state index contributed by atoms with van der Waals surface area (Å²) in [6.45, 7) is -0.499. The molecule has 23 heavy (non-hydrogen) atoms. The molecular formula is C14H10F3N3O2S. The van der Waals surface area contributed by atoms with Crippen LogP contribution in [0.1, 0.15) is 10.4 Å². The van der Waals surface area contributed by atoms with Gasteiger partial charge in [-0.25, -0.2) is 13.2 Å². The Kier molecular flexibility index (Phi) is 5.12. The molecule has 0 radical (unpaired) electrons. The summed E-state index contributed by atoms with van der Waals surface area (Å²) in [6, 6.07) is 4.57. The summed E-state index contributed by atoms with van der Waals surface area (Å²) in [4.78, 5) is 26.1. The van der Waals surface area contributed by atoms with Crippen molar-refractivity contribution in [1.29, 1.82) is 0 Å². The number of benzene rings is 1.